The van der Waals surface area contributed by atoms with E-state index in [1.165, 1.54) is 0 Å². The smallest absolute Gasteiger partial charge is 0.185 e. The van der Waals surface area contributed by atoms with Crippen LogP contribution in [0, 0.1) is 11.8 Å². The highest BCUT2D eigenvalue weighted by Gasteiger charge is 2.23. The molecule has 0 radical (unpaired) electrons. The van der Waals surface area contributed by atoms with Crippen LogP contribution >= 0.6 is 0 Å². The fourth-order valence-electron chi connectivity index (χ4n) is 2.38. The lowest BCUT2D eigenvalue weighted by Gasteiger charge is -2.20. The van der Waals surface area contributed by atoms with Crippen LogP contribution in [0.15, 0.2) is 59.2 Å². The summed E-state index contributed by atoms with van der Waals surface area (Å²) in [6.45, 7) is 8.31. The topological polar surface area (TPSA) is 17.1 Å². The van der Waals surface area contributed by atoms with E-state index in [1.807, 2.05) is 30.4 Å². The second-order valence-corrected chi connectivity index (χ2v) is 5.89. The Labute approximate surface area is 121 Å². The molecular weight excluding hydrogens is 244 g/mol. The Morgan fingerprint density at radius 3 is 1.80 bits per heavy atom. The third kappa shape index (κ3) is 3.16. The third-order valence-corrected chi connectivity index (χ3v) is 3.55. The second kappa shape index (κ2) is 6.04. The van der Waals surface area contributed by atoms with Crippen molar-refractivity contribution in [2.45, 2.75) is 27.7 Å². The van der Waals surface area contributed by atoms with Gasteiger partial charge in [-0.15, -0.1) is 0 Å². The number of carbonyl (C=O) groups excluding carboxylic acids is 1. The van der Waals surface area contributed by atoms with Gasteiger partial charge in [0.1, 0.15) is 0 Å². The molecule has 2 rings (SSSR count). The first-order valence-corrected chi connectivity index (χ1v) is 7.23. The molecule has 1 aromatic rings. The molecule has 0 aliphatic heterocycles. The lowest BCUT2D eigenvalue weighted by molar-refractivity contribution is -0.113. The van der Waals surface area contributed by atoms with Gasteiger partial charge in [0.2, 0.25) is 0 Å². The molecule has 104 valence electrons. The van der Waals surface area contributed by atoms with Gasteiger partial charge in [-0.25, -0.2) is 0 Å². The van der Waals surface area contributed by atoms with Gasteiger partial charge in [0.15, 0.2) is 5.78 Å². The van der Waals surface area contributed by atoms with Crippen molar-refractivity contribution in [2.24, 2.45) is 11.8 Å². The van der Waals surface area contributed by atoms with Crippen LogP contribution in [0.1, 0.15) is 33.3 Å². The zero-order valence-corrected chi connectivity index (χ0v) is 12.7. The molecule has 0 unspecified atom stereocenters. The summed E-state index contributed by atoms with van der Waals surface area (Å²) in [7, 11) is 0. The van der Waals surface area contributed by atoms with E-state index in [0.29, 0.717) is 0 Å². The number of ketones is 1. The lowest BCUT2D eigenvalue weighted by atomic mass is 9.83. The Balaban J connectivity index is 2.46. The molecule has 20 heavy (non-hydrogen) atoms. The van der Waals surface area contributed by atoms with E-state index >= 15 is 0 Å². The predicted molar refractivity (Wildman–Crippen MR) is 85.3 cm³/mol. The first kappa shape index (κ1) is 14.5. The van der Waals surface area contributed by atoms with Gasteiger partial charge in [0, 0.05) is 11.1 Å². The van der Waals surface area contributed by atoms with E-state index in [-0.39, 0.29) is 17.6 Å². The van der Waals surface area contributed by atoms with Gasteiger partial charge in [0.05, 0.1) is 0 Å². The van der Waals surface area contributed by atoms with Gasteiger partial charge in [-0.05, 0) is 41.2 Å². The Morgan fingerprint density at radius 1 is 0.850 bits per heavy atom. The highest BCUT2D eigenvalue weighted by Crippen LogP contribution is 2.29. The standard InChI is InChI=1S/C19H22O/c1-13(2)17-11-16(10-15-8-6-5-7-9-15)12-18(14(3)4)19(17)20/h5-14H,1-4H3. The molecule has 0 aromatic heterocycles. The van der Waals surface area contributed by atoms with Crippen LogP contribution in [-0.2, 0) is 4.79 Å². The molecule has 0 N–H and O–H groups in total. The number of hydrogen-bond acceptors (Lipinski definition) is 1. The molecule has 0 atom stereocenters. The Kier molecular flexibility index (Phi) is 4.39. The summed E-state index contributed by atoms with van der Waals surface area (Å²) in [6.07, 6.45) is 6.20. The van der Waals surface area contributed by atoms with E-state index in [1.54, 1.807) is 0 Å². The van der Waals surface area contributed by atoms with Gasteiger partial charge >= 0.3 is 0 Å². The molecular formula is C19H22O. The number of hydrogen-bond donors (Lipinski definition) is 0. The van der Waals surface area contributed by atoms with E-state index in [4.69, 9.17) is 0 Å². The molecule has 1 aliphatic rings. The molecule has 1 nitrogen and oxygen atoms in total. The largest absolute Gasteiger partial charge is 0.289 e. The zero-order valence-electron chi connectivity index (χ0n) is 12.7. The van der Waals surface area contributed by atoms with Crippen LogP contribution in [0.25, 0.3) is 6.08 Å². The Morgan fingerprint density at radius 2 is 1.35 bits per heavy atom. The van der Waals surface area contributed by atoms with Crippen LogP contribution < -0.4 is 0 Å². The van der Waals surface area contributed by atoms with Gasteiger partial charge in [0.25, 0.3) is 0 Å². The SMILES string of the molecule is CC(C)C1=CC(=Cc2ccccc2)C=C(C(C)C)C1=O. The molecule has 0 heterocycles. The number of benzene rings is 1. The van der Waals surface area contributed by atoms with Gasteiger partial charge in [-0.2, -0.15) is 0 Å². The zero-order chi connectivity index (χ0) is 14.7. The van der Waals surface area contributed by atoms with Gasteiger partial charge in [-0.3, -0.25) is 4.79 Å². The number of carbonyl (C=O) groups is 1. The van der Waals surface area contributed by atoms with Crippen molar-refractivity contribution in [3.63, 3.8) is 0 Å². The highest BCUT2D eigenvalue weighted by molar-refractivity contribution is 6.11. The summed E-state index contributed by atoms with van der Waals surface area (Å²) in [6, 6.07) is 10.2. The van der Waals surface area contributed by atoms with Crippen molar-refractivity contribution in [1.82, 2.24) is 0 Å². The number of Topliss-reactive ketones (excluding diaryl/α,β-unsaturated/α-hetero) is 1. The quantitative estimate of drug-likeness (QED) is 0.766. The van der Waals surface area contributed by atoms with Crippen molar-refractivity contribution in [2.75, 3.05) is 0 Å². The molecule has 0 fully saturated rings. The average Bonchev–Trinajstić information content (AvgIpc) is 2.41. The summed E-state index contributed by atoms with van der Waals surface area (Å²) in [4.78, 5) is 12.4. The normalized spacial score (nSPS) is 15.5. The second-order valence-electron chi connectivity index (χ2n) is 5.89. The fourth-order valence-corrected chi connectivity index (χ4v) is 2.38. The van der Waals surface area contributed by atoms with E-state index < -0.39 is 0 Å². The maximum atomic E-state index is 12.4. The van der Waals surface area contributed by atoms with Crippen LogP contribution in [-0.4, -0.2) is 5.78 Å². The molecule has 1 heteroatoms. The summed E-state index contributed by atoms with van der Waals surface area (Å²) in [5.41, 5.74) is 4.11. The first-order valence-electron chi connectivity index (χ1n) is 7.23. The van der Waals surface area contributed by atoms with Crippen molar-refractivity contribution in [1.29, 1.82) is 0 Å². The predicted octanol–water partition coefficient (Wildman–Crippen LogP) is 4.82. The maximum Gasteiger partial charge on any atom is 0.185 e. The summed E-state index contributed by atoms with van der Waals surface area (Å²) < 4.78 is 0. The van der Waals surface area contributed by atoms with E-state index in [9.17, 15) is 4.79 Å². The number of rotatable bonds is 3. The van der Waals surface area contributed by atoms with Crippen molar-refractivity contribution in [3.8, 4) is 0 Å². The molecule has 0 saturated heterocycles. The van der Waals surface area contributed by atoms with Crippen LogP contribution in [0.2, 0.25) is 0 Å². The van der Waals surface area contributed by atoms with E-state index in [2.05, 4.69) is 45.9 Å². The van der Waals surface area contributed by atoms with Crippen LogP contribution in [0.4, 0.5) is 0 Å². The lowest BCUT2D eigenvalue weighted by Crippen LogP contribution is -2.18. The third-order valence-electron chi connectivity index (χ3n) is 3.55. The Hall–Kier alpha value is -1.89. The number of allylic oxidation sites excluding steroid dienone is 5. The van der Waals surface area contributed by atoms with Gasteiger partial charge in [-0.1, -0.05) is 58.0 Å². The minimum atomic E-state index is 0.209. The molecule has 1 aliphatic carbocycles. The Bertz CT molecular complexity index is 553. The van der Waals surface area contributed by atoms with Crippen LogP contribution in [0.3, 0.4) is 0 Å². The summed E-state index contributed by atoms with van der Waals surface area (Å²) in [5, 5.41) is 0. The van der Waals surface area contributed by atoms with Crippen molar-refractivity contribution < 1.29 is 4.79 Å². The average molecular weight is 266 g/mol. The first-order chi connectivity index (χ1) is 9.49. The summed E-state index contributed by atoms with van der Waals surface area (Å²) in [5.74, 6) is 0.716. The van der Waals surface area contributed by atoms with Crippen molar-refractivity contribution in [3.05, 3.63) is 64.8 Å². The van der Waals surface area contributed by atoms with E-state index in [0.717, 1.165) is 22.3 Å². The summed E-state index contributed by atoms with van der Waals surface area (Å²) >= 11 is 0. The molecule has 1 aromatic carbocycles. The molecule has 0 saturated carbocycles. The minimum Gasteiger partial charge on any atom is -0.289 e. The van der Waals surface area contributed by atoms with Gasteiger partial charge < -0.3 is 0 Å². The maximum absolute atomic E-state index is 12.4. The fraction of sp³-hybridized carbons (Fsp3) is 0.316. The van der Waals surface area contributed by atoms with Crippen molar-refractivity contribution >= 4 is 11.9 Å². The van der Waals surface area contributed by atoms with Crippen LogP contribution in [0.5, 0.6) is 0 Å². The monoisotopic (exact) mass is 266 g/mol. The molecule has 0 spiro atoms. The molecule has 0 bridgehead atoms. The minimum absolute atomic E-state index is 0.209. The highest BCUT2D eigenvalue weighted by atomic mass is 16.1. The molecule has 0 amide bonds.